The van der Waals surface area contributed by atoms with Gasteiger partial charge in [0.15, 0.2) is 0 Å². The Kier molecular flexibility index (Phi) is 3.82. The van der Waals surface area contributed by atoms with Gasteiger partial charge in [-0.1, -0.05) is 36.4 Å². The zero-order chi connectivity index (χ0) is 17.4. The molecule has 4 rings (SSSR count). The van der Waals surface area contributed by atoms with E-state index < -0.39 is 0 Å². The molecule has 2 aromatic carbocycles. The predicted molar refractivity (Wildman–Crippen MR) is 100 cm³/mol. The highest BCUT2D eigenvalue weighted by Crippen LogP contribution is 2.31. The standard InChI is InChI=1S/C21H19N3O/c1-23(2)21(16-11-9-15(14-25)10-12-16)20-19-8-5-13-24(19)18-7-4-3-6-17(18)22-20/h3-14,21H,1-2H3. The van der Waals surface area contributed by atoms with E-state index in [4.69, 9.17) is 4.98 Å². The quantitative estimate of drug-likeness (QED) is 0.532. The van der Waals surface area contributed by atoms with Crippen LogP contribution in [0.4, 0.5) is 0 Å². The number of benzene rings is 2. The minimum Gasteiger partial charge on any atom is -0.313 e. The summed E-state index contributed by atoms with van der Waals surface area (Å²) in [7, 11) is 4.10. The van der Waals surface area contributed by atoms with Gasteiger partial charge in [0.25, 0.3) is 0 Å². The van der Waals surface area contributed by atoms with Crippen LogP contribution in [0.1, 0.15) is 27.7 Å². The molecule has 25 heavy (non-hydrogen) atoms. The van der Waals surface area contributed by atoms with Gasteiger partial charge in [0.1, 0.15) is 6.29 Å². The molecule has 0 bridgehead atoms. The van der Waals surface area contributed by atoms with Crippen molar-refractivity contribution in [1.82, 2.24) is 14.3 Å². The van der Waals surface area contributed by atoms with E-state index in [1.165, 1.54) is 0 Å². The van der Waals surface area contributed by atoms with E-state index in [0.717, 1.165) is 34.1 Å². The summed E-state index contributed by atoms with van der Waals surface area (Å²) in [6.45, 7) is 0. The summed E-state index contributed by atoms with van der Waals surface area (Å²) < 4.78 is 2.19. The Hall–Kier alpha value is -2.98. The van der Waals surface area contributed by atoms with Crippen LogP contribution in [0.5, 0.6) is 0 Å². The highest BCUT2D eigenvalue weighted by atomic mass is 16.1. The average Bonchev–Trinajstić information content (AvgIpc) is 3.12. The molecule has 0 amide bonds. The van der Waals surface area contributed by atoms with Crippen LogP contribution in [-0.2, 0) is 0 Å². The lowest BCUT2D eigenvalue weighted by Gasteiger charge is -2.25. The van der Waals surface area contributed by atoms with Gasteiger partial charge in [0.2, 0.25) is 0 Å². The van der Waals surface area contributed by atoms with Crippen molar-refractivity contribution >= 4 is 22.8 Å². The van der Waals surface area contributed by atoms with Gasteiger partial charge in [-0.15, -0.1) is 0 Å². The molecule has 124 valence electrons. The minimum atomic E-state index is 0.00251. The molecule has 2 aromatic heterocycles. The summed E-state index contributed by atoms with van der Waals surface area (Å²) in [4.78, 5) is 18.1. The van der Waals surface area contributed by atoms with Crippen LogP contribution in [0.2, 0.25) is 0 Å². The van der Waals surface area contributed by atoms with Crippen molar-refractivity contribution in [2.24, 2.45) is 0 Å². The first kappa shape index (κ1) is 15.5. The number of hydrogen-bond donors (Lipinski definition) is 0. The van der Waals surface area contributed by atoms with Gasteiger partial charge < -0.3 is 4.40 Å². The van der Waals surface area contributed by atoms with Gasteiger partial charge in [-0.2, -0.15) is 0 Å². The first-order valence-corrected chi connectivity index (χ1v) is 8.26. The number of rotatable bonds is 4. The van der Waals surface area contributed by atoms with Crippen molar-refractivity contribution in [2.45, 2.75) is 6.04 Å². The zero-order valence-electron chi connectivity index (χ0n) is 14.3. The van der Waals surface area contributed by atoms with Crippen molar-refractivity contribution in [3.8, 4) is 0 Å². The molecule has 2 heterocycles. The number of carbonyl (C=O) groups is 1. The van der Waals surface area contributed by atoms with Crippen LogP contribution in [0.15, 0.2) is 66.9 Å². The molecule has 4 heteroatoms. The number of carbonyl (C=O) groups excluding carboxylic acids is 1. The van der Waals surface area contributed by atoms with Crippen LogP contribution in [-0.4, -0.2) is 34.7 Å². The highest BCUT2D eigenvalue weighted by molar-refractivity contribution is 5.80. The van der Waals surface area contributed by atoms with Crippen LogP contribution in [0.25, 0.3) is 16.6 Å². The second-order valence-electron chi connectivity index (χ2n) is 6.40. The minimum absolute atomic E-state index is 0.00251. The van der Waals surface area contributed by atoms with Gasteiger partial charge in [0.05, 0.1) is 28.3 Å². The Bertz CT molecular complexity index is 1050. The molecule has 1 unspecified atom stereocenters. The molecule has 4 aromatic rings. The van der Waals surface area contributed by atoms with E-state index in [1.54, 1.807) is 0 Å². The summed E-state index contributed by atoms with van der Waals surface area (Å²) in [6, 6.07) is 20.1. The van der Waals surface area contributed by atoms with Gasteiger partial charge >= 0.3 is 0 Å². The van der Waals surface area contributed by atoms with Crippen LogP contribution < -0.4 is 0 Å². The number of aldehydes is 1. The third-order valence-electron chi connectivity index (χ3n) is 4.56. The van der Waals surface area contributed by atoms with Gasteiger partial charge in [-0.25, -0.2) is 4.98 Å². The number of fused-ring (bicyclic) bond motifs is 3. The molecule has 1 atom stereocenters. The topological polar surface area (TPSA) is 37.6 Å². The Labute approximate surface area is 146 Å². The second kappa shape index (κ2) is 6.15. The summed E-state index contributed by atoms with van der Waals surface area (Å²) in [5.74, 6) is 0. The van der Waals surface area contributed by atoms with E-state index in [1.807, 2.05) is 42.5 Å². The van der Waals surface area contributed by atoms with Crippen LogP contribution in [0, 0.1) is 0 Å². The third-order valence-corrected chi connectivity index (χ3v) is 4.56. The van der Waals surface area contributed by atoms with Gasteiger partial charge in [0, 0.05) is 11.8 Å². The van der Waals surface area contributed by atoms with E-state index >= 15 is 0 Å². The van der Waals surface area contributed by atoms with Crippen molar-refractivity contribution in [2.75, 3.05) is 14.1 Å². The van der Waals surface area contributed by atoms with Crippen LogP contribution >= 0.6 is 0 Å². The maximum absolute atomic E-state index is 11.0. The molecule has 0 aliphatic rings. The fraction of sp³-hybridized carbons (Fsp3) is 0.143. The highest BCUT2D eigenvalue weighted by Gasteiger charge is 2.22. The molecular formula is C21H19N3O. The fourth-order valence-corrected chi connectivity index (χ4v) is 3.41. The van der Waals surface area contributed by atoms with Crippen molar-refractivity contribution in [1.29, 1.82) is 0 Å². The van der Waals surface area contributed by atoms with Crippen LogP contribution in [0.3, 0.4) is 0 Å². The average molecular weight is 329 g/mol. The van der Waals surface area contributed by atoms with Crippen molar-refractivity contribution < 1.29 is 4.79 Å². The molecule has 0 fully saturated rings. The van der Waals surface area contributed by atoms with E-state index in [-0.39, 0.29) is 6.04 Å². The molecule has 0 saturated carbocycles. The smallest absolute Gasteiger partial charge is 0.150 e. The Morgan fingerprint density at radius 1 is 0.960 bits per heavy atom. The first-order chi connectivity index (χ1) is 12.2. The van der Waals surface area contributed by atoms with E-state index in [0.29, 0.717) is 5.56 Å². The lowest BCUT2D eigenvalue weighted by Crippen LogP contribution is -2.23. The lowest BCUT2D eigenvalue weighted by atomic mass is 10.00. The van der Waals surface area contributed by atoms with Crippen molar-refractivity contribution in [3.05, 3.63) is 83.7 Å². The van der Waals surface area contributed by atoms with Gasteiger partial charge in [-0.3, -0.25) is 9.69 Å². The Morgan fingerprint density at radius 3 is 2.40 bits per heavy atom. The third kappa shape index (κ3) is 2.61. The van der Waals surface area contributed by atoms with E-state index in [2.05, 4.69) is 47.8 Å². The predicted octanol–water partition coefficient (Wildman–Crippen LogP) is 3.95. The molecule has 0 N–H and O–H groups in total. The molecule has 0 radical (unpaired) electrons. The largest absolute Gasteiger partial charge is 0.313 e. The monoisotopic (exact) mass is 329 g/mol. The summed E-state index contributed by atoms with van der Waals surface area (Å²) in [5, 5.41) is 0. The number of aromatic nitrogens is 2. The van der Waals surface area contributed by atoms with E-state index in [9.17, 15) is 4.79 Å². The Morgan fingerprint density at radius 2 is 1.68 bits per heavy atom. The number of para-hydroxylation sites is 2. The number of hydrogen-bond acceptors (Lipinski definition) is 3. The Balaban J connectivity index is 1.97. The zero-order valence-corrected chi connectivity index (χ0v) is 14.3. The maximum Gasteiger partial charge on any atom is 0.150 e. The lowest BCUT2D eigenvalue weighted by molar-refractivity contribution is 0.112. The summed E-state index contributed by atoms with van der Waals surface area (Å²) in [5.41, 5.74) is 5.96. The molecule has 0 spiro atoms. The second-order valence-corrected chi connectivity index (χ2v) is 6.40. The van der Waals surface area contributed by atoms with Crippen molar-refractivity contribution in [3.63, 3.8) is 0 Å². The molecule has 0 aliphatic heterocycles. The molecule has 0 aliphatic carbocycles. The van der Waals surface area contributed by atoms with Gasteiger partial charge in [-0.05, 0) is 43.9 Å². The molecule has 0 saturated heterocycles. The molecular weight excluding hydrogens is 310 g/mol. The first-order valence-electron chi connectivity index (χ1n) is 8.26. The number of nitrogens with zero attached hydrogens (tertiary/aromatic N) is 3. The summed E-state index contributed by atoms with van der Waals surface area (Å²) in [6.07, 6.45) is 2.94. The maximum atomic E-state index is 11.0. The summed E-state index contributed by atoms with van der Waals surface area (Å²) >= 11 is 0. The normalized spacial score (nSPS) is 12.8. The SMILES string of the molecule is CN(C)C(c1ccc(C=O)cc1)c1nc2ccccc2n2cccc12. The fourth-order valence-electron chi connectivity index (χ4n) is 3.41. The molecule has 4 nitrogen and oxygen atoms in total.